The van der Waals surface area contributed by atoms with E-state index in [-0.39, 0.29) is 5.46 Å². The minimum absolute atomic E-state index is 0.176. The molecule has 0 amide bonds. The molecule has 5 heteroatoms. The molecule has 0 N–H and O–H groups in total. The molecule has 16 heavy (non-hydrogen) atoms. The second-order valence-electron chi connectivity index (χ2n) is 3.53. The summed E-state index contributed by atoms with van der Waals surface area (Å²) in [6, 6.07) is 2.65. The lowest BCUT2D eigenvalue weighted by atomic mass is 9.77. The molecule has 0 radical (unpaired) electrons. The Bertz CT molecular complexity index is 331. The van der Waals surface area contributed by atoms with Crippen LogP contribution in [0.15, 0.2) is 12.1 Å². The van der Waals surface area contributed by atoms with Crippen LogP contribution in [-0.4, -0.2) is 21.3 Å². The van der Waals surface area contributed by atoms with E-state index in [1.165, 1.54) is 26.4 Å². The molecule has 0 aliphatic heterocycles. The largest absolute Gasteiger partial charge is 0.499 e. The molecule has 0 aliphatic carbocycles. The van der Waals surface area contributed by atoms with E-state index < -0.39 is 18.8 Å². The number of hydrogen-bond acceptors (Lipinski definition) is 2. The molecule has 0 unspecified atom stereocenters. The standard InChI is InChI=1S/C11H15BF2O2/c1-4-5-8-6-9(13)11(10(14)7-8)12(15-2)16-3/h6-7H,4-5H2,1-3H3. The van der Waals surface area contributed by atoms with Crippen molar-refractivity contribution in [2.45, 2.75) is 19.8 Å². The zero-order valence-corrected chi connectivity index (χ0v) is 9.72. The third-order valence-corrected chi connectivity index (χ3v) is 2.34. The zero-order valence-electron chi connectivity index (χ0n) is 9.72. The maximum Gasteiger partial charge on any atom is 0.499 e. The van der Waals surface area contributed by atoms with Crippen molar-refractivity contribution >= 4 is 12.6 Å². The summed E-state index contributed by atoms with van der Waals surface area (Å²) in [6.45, 7) is 1.96. The summed E-state index contributed by atoms with van der Waals surface area (Å²) in [5.74, 6) is -1.26. The van der Waals surface area contributed by atoms with Gasteiger partial charge in [-0.2, -0.15) is 0 Å². The summed E-state index contributed by atoms with van der Waals surface area (Å²) >= 11 is 0. The molecular weight excluding hydrogens is 213 g/mol. The molecule has 0 aromatic heterocycles. The van der Waals surface area contributed by atoms with Gasteiger partial charge in [-0.05, 0) is 24.1 Å². The Kier molecular flexibility index (Phi) is 4.89. The van der Waals surface area contributed by atoms with E-state index in [0.717, 1.165) is 6.42 Å². The van der Waals surface area contributed by atoms with Gasteiger partial charge in [-0.25, -0.2) is 8.78 Å². The summed E-state index contributed by atoms with van der Waals surface area (Å²) in [5, 5.41) is 0. The second kappa shape index (κ2) is 5.96. The first kappa shape index (κ1) is 13.1. The molecule has 1 aromatic carbocycles. The van der Waals surface area contributed by atoms with Gasteiger partial charge in [-0.1, -0.05) is 13.3 Å². The maximum atomic E-state index is 13.7. The highest BCUT2D eigenvalue weighted by atomic mass is 19.1. The average molecular weight is 228 g/mol. The lowest BCUT2D eigenvalue weighted by Gasteiger charge is -2.12. The van der Waals surface area contributed by atoms with Gasteiger partial charge in [0.25, 0.3) is 0 Å². The van der Waals surface area contributed by atoms with Crippen LogP contribution < -0.4 is 5.46 Å². The molecule has 88 valence electrons. The zero-order chi connectivity index (χ0) is 12.1. The smallest absolute Gasteiger partial charge is 0.410 e. The van der Waals surface area contributed by atoms with E-state index in [1.807, 2.05) is 6.92 Å². The van der Waals surface area contributed by atoms with Crippen LogP contribution in [0.2, 0.25) is 0 Å². The Hall–Kier alpha value is -0.935. The Morgan fingerprint density at radius 2 is 1.62 bits per heavy atom. The molecule has 1 aromatic rings. The van der Waals surface area contributed by atoms with Crippen LogP contribution in [0, 0.1) is 11.6 Å². The molecule has 0 spiro atoms. The van der Waals surface area contributed by atoms with Gasteiger partial charge in [0.05, 0.1) is 5.46 Å². The van der Waals surface area contributed by atoms with E-state index in [4.69, 9.17) is 9.31 Å². The monoisotopic (exact) mass is 228 g/mol. The summed E-state index contributed by atoms with van der Waals surface area (Å²) in [5.41, 5.74) is 0.469. The first-order chi connectivity index (χ1) is 7.63. The molecule has 0 heterocycles. The van der Waals surface area contributed by atoms with Gasteiger partial charge in [0.1, 0.15) is 11.6 Å². The minimum Gasteiger partial charge on any atom is -0.410 e. The minimum atomic E-state index is -1.00. The predicted molar refractivity (Wildman–Crippen MR) is 59.8 cm³/mol. The first-order valence-corrected chi connectivity index (χ1v) is 5.17. The van der Waals surface area contributed by atoms with Crippen molar-refractivity contribution in [2.75, 3.05) is 14.2 Å². The fourth-order valence-electron chi connectivity index (χ4n) is 1.63. The molecule has 2 nitrogen and oxygen atoms in total. The predicted octanol–water partition coefficient (Wildman–Crippen LogP) is 1.91. The highest BCUT2D eigenvalue weighted by Crippen LogP contribution is 2.10. The van der Waals surface area contributed by atoms with Crippen molar-refractivity contribution in [3.8, 4) is 0 Å². The molecule has 0 atom stereocenters. The molecule has 0 aliphatic rings. The van der Waals surface area contributed by atoms with Crippen LogP contribution in [0.4, 0.5) is 8.78 Å². The van der Waals surface area contributed by atoms with E-state index in [2.05, 4.69) is 0 Å². The summed E-state index contributed by atoms with van der Waals surface area (Å²) in [4.78, 5) is 0. The van der Waals surface area contributed by atoms with Crippen molar-refractivity contribution < 1.29 is 18.1 Å². The Balaban J connectivity index is 3.11. The fraction of sp³-hybridized carbons (Fsp3) is 0.455. The third kappa shape index (κ3) is 2.80. The van der Waals surface area contributed by atoms with Crippen LogP contribution in [0.3, 0.4) is 0 Å². The number of halogens is 2. The van der Waals surface area contributed by atoms with Gasteiger partial charge in [-0.15, -0.1) is 0 Å². The van der Waals surface area contributed by atoms with Crippen LogP contribution in [0.5, 0.6) is 0 Å². The van der Waals surface area contributed by atoms with Gasteiger partial charge in [0.15, 0.2) is 0 Å². The molecule has 0 saturated carbocycles. The lowest BCUT2D eigenvalue weighted by molar-refractivity contribution is 0.289. The second-order valence-corrected chi connectivity index (χ2v) is 3.53. The van der Waals surface area contributed by atoms with Gasteiger partial charge in [-0.3, -0.25) is 0 Å². The molecule has 0 saturated heterocycles. The van der Waals surface area contributed by atoms with E-state index in [0.29, 0.717) is 12.0 Å². The van der Waals surface area contributed by atoms with Gasteiger partial charge >= 0.3 is 7.12 Å². The van der Waals surface area contributed by atoms with Crippen molar-refractivity contribution in [1.29, 1.82) is 0 Å². The SMILES string of the molecule is CCCc1cc(F)c(B(OC)OC)c(F)c1. The van der Waals surface area contributed by atoms with Gasteiger partial charge in [0.2, 0.25) is 0 Å². The Morgan fingerprint density at radius 1 is 1.12 bits per heavy atom. The van der Waals surface area contributed by atoms with E-state index >= 15 is 0 Å². The Morgan fingerprint density at radius 3 is 2.00 bits per heavy atom. The third-order valence-electron chi connectivity index (χ3n) is 2.34. The van der Waals surface area contributed by atoms with Gasteiger partial charge < -0.3 is 9.31 Å². The van der Waals surface area contributed by atoms with Crippen molar-refractivity contribution in [3.05, 3.63) is 29.3 Å². The number of benzene rings is 1. The lowest BCUT2D eigenvalue weighted by Crippen LogP contribution is -2.39. The normalized spacial score (nSPS) is 10.6. The van der Waals surface area contributed by atoms with Crippen molar-refractivity contribution in [1.82, 2.24) is 0 Å². The van der Waals surface area contributed by atoms with Crippen LogP contribution >= 0.6 is 0 Å². The molecule has 0 fully saturated rings. The summed E-state index contributed by atoms with van der Waals surface area (Å²) < 4.78 is 37.0. The molecule has 0 bridgehead atoms. The van der Waals surface area contributed by atoms with Crippen LogP contribution in [0.25, 0.3) is 0 Å². The van der Waals surface area contributed by atoms with Gasteiger partial charge in [0, 0.05) is 14.2 Å². The van der Waals surface area contributed by atoms with E-state index in [9.17, 15) is 8.78 Å². The number of rotatable bonds is 5. The highest BCUT2D eigenvalue weighted by molar-refractivity contribution is 6.61. The first-order valence-electron chi connectivity index (χ1n) is 5.17. The summed E-state index contributed by atoms with van der Waals surface area (Å²) in [6.07, 6.45) is 1.50. The number of hydrogen-bond donors (Lipinski definition) is 0. The maximum absolute atomic E-state index is 13.7. The Labute approximate surface area is 94.7 Å². The topological polar surface area (TPSA) is 18.5 Å². The molecule has 1 rings (SSSR count). The quantitative estimate of drug-likeness (QED) is 0.716. The number of aryl methyl sites for hydroxylation is 1. The van der Waals surface area contributed by atoms with Crippen molar-refractivity contribution in [2.24, 2.45) is 0 Å². The van der Waals surface area contributed by atoms with Crippen LogP contribution in [-0.2, 0) is 15.7 Å². The van der Waals surface area contributed by atoms with Crippen LogP contribution in [0.1, 0.15) is 18.9 Å². The average Bonchev–Trinajstić information content (AvgIpc) is 2.23. The van der Waals surface area contributed by atoms with Crippen molar-refractivity contribution in [3.63, 3.8) is 0 Å². The fourth-order valence-corrected chi connectivity index (χ4v) is 1.63. The summed E-state index contributed by atoms with van der Waals surface area (Å²) in [7, 11) is 1.68. The highest BCUT2D eigenvalue weighted by Gasteiger charge is 2.26. The van der Waals surface area contributed by atoms with E-state index in [1.54, 1.807) is 0 Å². The molecular formula is C11H15BF2O2.